The Morgan fingerprint density at radius 3 is 2.75 bits per heavy atom. The summed E-state index contributed by atoms with van der Waals surface area (Å²) in [6.45, 7) is 8.40. The molecule has 1 rings (SSSR count). The Kier molecular flexibility index (Phi) is 5.12. The maximum Gasteiger partial charge on any atom is 0.162 e. The van der Waals surface area contributed by atoms with Crippen LogP contribution < -0.4 is 10.1 Å². The second-order valence-corrected chi connectivity index (χ2v) is 4.22. The smallest absolute Gasteiger partial charge is 0.162 e. The fraction of sp³-hybridized carbons (Fsp3) is 0.538. The summed E-state index contributed by atoms with van der Waals surface area (Å²) in [6.07, 6.45) is 0. The monoisotopic (exact) mass is 223 g/mol. The molecule has 0 atom stereocenters. The zero-order chi connectivity index (χ0) is 12.0. The first-order valence-corrected chi connectivity index (χ1v) is 5.79. The Morgan fingerprint density at radius 2 is 2.12 bits per heavy atom. The molecule has 0 unspecified atom stereocenters. The molecule has 0 saturated carbocycles. The molecule has 2 N–H and O–H groups in total. The van der Waals surface area contributed by atoms with E-state index in [1.54, 1.807) is 6.07 Å². The Balaban J connectivity index is 2.62. The highest BCUT2D eigenvalue weighted by Gasteiger charge is 2.07. The summed E-state index contributed by atoms with van der Waals surface area (Å²) in [6, 6.07) is 5.59. The van der Waals surface area contributed by atoms with Crippen molar-refractivity contribution in [2.45, 2.75) is 27.3 Å². The van der Waals surface area contributed by atoms with Crippen LogP contribution in [0.2, 0.25) is 0 Å². The van der Waals surface area contributed by atoms with E-state index in [9.17, 15) is 5.11 Å². The summed E-state index contributed by atoms with van der Waals surface area (Å²) in [7, 11) is 0. The van der Waals surface area contributed by atoms with Gasteiger partial charge in [0.25, 0.3) is 0 Å². The van der Waals surface area contributed by atoms with E-state index in [2.05, 4.69) is 19.2 Å². The third-order valence-electron chi connectivity index (χ3n) is 2.25. The van der Waals surface area contributed by atoms with Gasteiger partial charge in [0, 0.05) is 12.1 Å². The molecule has 0 fully saturated rings. The minimum Gasteiger partial charge on any atom is -0.504 e. The molecule has 0 aliphatic carbocycles. The summed E-state index contributed by atoms with van der Waals surface area (Å²) < 4.78 is 5.33. The second kappa shape index (κ2) is 6.38. The number of rotatable bonds is 6. The zero-order valence-electron chi connectivity index (χ0n) is 10.3. The first-order chi connectivity index (χ1) is 7.65. The van der Waals surface area contributed by atoms with Crippen molar-refractivity contribution < 1.29 is 9.84 Å². The minimum atomic E-state index is 0.251. The summed E-state index contributed by atoms with van der Waals surface area (Å²) in [5, 5.41) is 13.2. The number of aromatic hydroxyl groups is 1. The highest BCUT2D eigenvalue weighted by Crippen LogP contribution is 2.29. The average Bonchev–Trinajstić information content (AvgIpc) is 2.23. The number of para-hydroxylation sites is 1. The number of ether oxygens (including phenoxy) is 1. The normalized spacial score (nSPS) is 10.8. The standard InChI is InChI=1S/C13H21NO2/c1-4-16-12-7-5-6-11(13(12)15)9-14-8-10(2)3/h5-7,10,14-15H,4,8-9H2,1-3H3. The van der Waals surface area contributed by atoms with Gasteiger partial charge in [-0.1, -0.05) is 26.0 Å². The molecule has 0 aliphatic heterocycles. The van der Waals surface area contributed by atoms with Gasteiger partial charge in [-0.25, -0.2) is 0 Å². The lowest BCUT2D eigenvalue weighted by atomic mass is 10.1. The van der Waals surface area contributed by atoms with Crippen molar-refractivity contribution in [3.63, 3.8) is 0 Å². The molecule has 1 aromatic carbocycles. The third-order valence-corrected chi connectivity index (χ3v) is 2.25. The van der Waals surface area contributed by atoms with E-state index >= 15 is 0 Å². The van der Waals surface area contributed by atoms with Gasteiger partial charge in [-0.05, 0) is 25.5 Å². The first kappa shape index (κ1) is 12.8. The molecule has 0 heterocycles. The summed E-state index contributed by atoms with van der Waals surface area (Å²) >= 11 is 0. The highest BCUT2D eigenvalue weighted by molar-refractivity contribution is 5.45. The maximum absolute atomic E-state index is 9.92. The Hall–Kier alpha value is -1.22. The number of phenolic OH excluding ortho intramolecular Hbond substituents is 1. The van der Waals surface area contributed by atoms with Crippen LogP contribution in [0, 0.1) is 5.92 Å². The summed E-state index contributed by atoms with van der Waals surface area (Å²) in [5.41, 5.74) is 0.881. The van der Waals surface area contributed by atoms with Crippen LogP contribution in [0.1, 0.15) is 26.3 Å². The molecular formula is C13H21NO2. The SMILES string of the molecule is CCOc1cccc(CNCC(C)C)c1O. The molecule has 0 spiro atoms. The van der Waals surface area contributed by atoms with Crippen LogP contribution in [0.15, 0.2) is 18.2 Å². The molecule has 3 heteroatoms. The Bertz CT molecular complexity index is 324. The van der Waals surface area contributed by atoms with Crippen molar-refractivity contribution in [1.29, 1.82) is 0 Å². The number of nitrogens with one attached hydrogen (secondary N) is 1. The van der Waals surface area contributed by atoms with Crippen molar-refractivity contribution in [2.75, 3.05) is 13.2 Å². The molecule has 1 aromatic rings. The number of phenols is 1. The van der Waals surface area contributed by atoms with E-state index in [0.29, 0.717) is 24.8 Å². The van der Waals surface area contributed by atoms with Gasteiger partial charge in [0.1, 0.15) is 0 Å². The number of hydrogen-bond donors (Lipinski definition) is 2. The lowest BCUT2D eigenvalue weighted by molar-refractivity contribution is 0.316. The van der Waals surface area contributed by atoms with Crippen LogP contribution in [-0.4, -0.2) is 18.3 Å². The molecule has 3 nitrogen and oxygen atoms in total. The predicted molar refractivity (Wildman–Crippen MR) is 65.8 cm³/mol. The lowest BCUT2D eigenvalue weighted by Crippen LogP contribution is -2.19. The van der Waals surface area contributed by atoms with E-state index in [4.69, 9.17) is 4.74 Å². The molecule has 0 aromatic heterocycles. The van der Waals surface area contributed by atoms with E-state index in [0.717, 1.165) is 12.1 Å². The highest BCUT2D eigenvalue weighted by atomic mass is 16.5. The van der Waals surface area contributed by atoms with Gasteiger partial charge in [-0.2, -0.15) is 0 Å². The molecule has 0 amide bonds. The largest absolute Gasteiger partial charge is 0.504 e. The van der Waals surface area contributed by atoms with Gasteiger partial charge in [-0.3, -0.25) is 0 Å². The number of hydrogen-bond acceptors (Lipinski definition) is 3. The molecule has 0 radical (unpaired) electrons. The average molecular weight is 223 g/mol. The van der Waals surface area contributed by atoms with Crippen LogP contribution in [0.25, 0.3) is 0 Å². The Morgan fingerprint density at radius 1 is 1.38 bits per heavy atom. The van der Waals surface area contributed by atoms with Crippen molar-refractivity contribution in [2.24, 2.45) is 5.92 Å². The van der Waals surface area contributed by atoms with Crippen LogP contribution in [0.4, 0.5) is 0 Å². The topological polar surface area (TPSA) is 41.5 Å². The second-order valence-electron chi connectivity index (χ2n) is 4.22. The fourth-order valence-corrected chi connectivity index (χ4v) is 1.48. The number of benzene rings is 1. The Labute approximate surface area is 97.4 Å². The molecule has 90 valence electrons. The lowest BCUT2D eigenvalue weighted by Gasteiger charge is -2.11. The van der Waals surface area contributed by atoms with Crippen molar-refractivity contribution in [1.82, 2.24) is 5.32 Å². The quantitative estimate of drug-likeness (QED) is 0.778. The fourth-order valence-electron chi connectivity index (χ4n) is 1.48. The van der Waals surface area contributed by atoms with Crippen molar-refractivity contribution in [3.05, 3.63) is 23.8 Å². The van der Waals surface area contributed by atoms with Crippen LogP contribution in [-0.2, 0) is 6.54 Å². The molecule has 0 saturated heterocycles. The molecule has 0 bridgehead atoms. The van der Waals surface area contributed by atoms with Gasteiger partial charge in [0.05, 0.1) is 6.61 Å². The summed E-state index contributed by atoms with van der Waals surface area (Å²) in [5.74, 6) is 1.42. The van der Waals surface area contributed by atoms with E-state index in [1.807, 2.05) is 19.1 Å². The van der Waals surface area contributed by atoms with Gasteiger partial charge < -0.3 is 15.2 Å². The third kappa shape index (κ3) is 3.74. The van der Waals surface area contributed by atoms with Crippen LogP contribution in [0.5, 0.6) is 11.5 Å². The maximum atomic E-state index is 9.92. The van der Waals surface area contributed by atoms with Crippen LogP contribution >= 0.6 is 0 Å². The summed E-state index contributed by atoms with van der Waals surface area (Å²) in [4.78, 5) is 0. The van der Waals surface area contributed by atoms with Gasteiger partial charge in [0.2, 0.25) is 0 Å². The first-order valence-electron chi connectivity index (χ1n) is 5.79. The van der Waals surface area contributed by atoms with Gasteiger partial charge in [-0.15, -0.1) is 0 Å². The van der Waals surface area contributed by atoms with Crippen LogP contribution in [0.3, 0.4) is 0 Å². The molecule has 0 aliphatic rings. The van der Waals surface area contributed by atoms with Gasteiger partial charge >= 0.3 is 0 Å². The van der Waals surface area contributed by atoms with Crippen molar-refractivity contribution in [3.8, 4) is 11.5 Å². The van der Waals surface area contributed by atoms with E-state index in [-0.39, 0.29) is 5.75 Å². The molecule has 16 heavy (non-hydrogen) atoms. The molecular weight excluding hydrogens is 202 g/mol. The minimum absolute atomic E-state index is 0.251. The van der Waals surface area contributed by atoms with Crippen molar-refractivity contribution >= 4 is 0 Å². The van der Waals surface area contributed by atoms with E-state index < -0.39 is 0 Å². The predicted octanol–water partition coefficient (Wildman–Crippen LogP) is 2.54. The zero-order valence-corrected chi connectivity index (χ0v) is 10.3. The van der Waals surface area contributed by atoms with Gasteiger partial charge in [0.15, 0.2) is 11.5 Å². The van der Waals surface area contributed by atoms with E-state index in [1.165, 1.54) is 0 Å².